The van der Waals surface area contributed by atoms with Crippen molar-refractivity contribution in [2.45, 2.75) is 56.1 Å². The van der Waals surface area contributed by atoms with Crippen LogP contribution in [0.25, 0.3) is 0 Å². The molecule has 8 heteroatoms. The largest absolute Gasteiger partial charge is 0.344 e. The van der Waals surface area contributed by atoms with E-state index in [4.69, 9.17) is 5.84 Å². The smallest absolute Gasteiger partial charge is 0.231 e. The Hall–Kier alpha value is -2.32. The van der Waals surface area contributed by atoms with Crippen LogP contribution in [0, 0.1) is 6.92 Å². The lowest BCUT2D eigenvalue weighted by atomic mass is 9.89. The van der Waals surface area contributed by atoms with E-state index in [1.807, 2.05) is 11.4 Å². The van der Waals surface area contributed by atoms with E-state index in [1.54, 1.807) is 16.0 Å². The Kier molecular flexibility index (Phi) is 6.74. The number of rotatable bonds is 7. The monoisotopic (exact) mass is 441 g/mol. The Morgan fingerprint density at radius 3 is 2.70 bits per heavy atom. The molecule has 1 atom stereocenters. The average Bonchev–Trinajstić information content (AvgIpc) is 3.42. The molecule has 0 unspecified atom stereocenters. The normalized spacial score (nSPS) is 15.8. The summed E-state index contributed by atoms with van der Waals surface area (Å²) in [7, 11) is 0. The quantitative estimate of drug-likeness (QED) is 0.419. The number of nitrogens with zero attached hydrogens (tertiary/aromatic N) is 3. The minimum atomic E-state index is -0.160. The molecule has 3 N–H and O–H groups in total. The van der Waals surface area contributed by atoms with Gasteiger partial charge in [-0.1, -0.05) is 66.9 Å². The fourth-order valence-corrected chi connectivity index (χ4v) is 5.37. The van der Waals surface area contributed by atoms with Crippen molar-refractivity contribution in [3.63, 3.8) is 0 Å². The second-order valence-corrected chi connectivity index (χ2v) is 9.68. The third-order valence-electron chi connectivity index (χ3n) is 5.54. The summed E-state index contributed by atoms with van der Waals surface area (Å²) in [5.74, 6) is 7.65. The van der Waals surface area contributed by atoms with E-state index in [0.717, 1.165) is 29.1 Å². The number of thioether (sulfide) groups is 1. The highest BCUT2D eigenvalue weighted by Crippen LogP contribution is 2.32. The van der Waals surface area contributed by atoms with E-state index in [-0.39, 0.29) is 17.7 Å². The highest BCUT2D eigenvalue weighted by Gasteiger charge is 2.23. The predicted octanol–water partition coefficient (Wildman–Crippen LogP) is 4.41. The second kappa shape index (κ2) is 9.66. The van der Waals surface area contributed by atoms with Gasteiger partial charge in [0.2, 0.25) is 11.1 Å². The number of nitrogen functional groups attached to an aromatic ring is 1. The molecule has 1 aliphatic rings. The number of amides is 1. The van der Waals surface area contributed by atoms with Crippen LogP contribution in [-0.2, 0) is 4.79 Å². The van der Waals surface area contributed by atoms with Gasteiger partial charge in [0.15, 0.2) is 5.82 Å². The highest BCUT2D eigenvalue weighted by atomic mass is 32.2. The van der Waals surface area contributed by atoms with Gasteiger partial charge in [-0.05, 0) is 36.8 Å². The standard InChI is InChI=1S/C22H27N5OS2/c1-15-9-11-16(12-10-15)20(18-8-5-13-29-18)24-19(28)14-30-22-26-25-21(27(22)23)17-6-3-2-4-7-17/h5,8-13,17,20H,2-4,6-7,14,23H2,1H3,(H,24,28)/t20-/m1/s1. The van der Waals surface area contributed by atoms with Crippen LogP contribution in [0.1, 0.15) is 65.9 Å². The van der Waals surface area contributed by atoms with Crippen molar-refractivity contribution in [1.82, 2.24) is 20.2 Å². The van der Waals surface area contributed by atoms with Crippen LogP contribution in [0.5, 0.6) is 0 Å². The summed E-state index contributed by atoms with van der Waals surface area (Å²) in [6.07, 6.45) is 5.93. The van der Waals surface area contributed by atoms with Crippen molar-refractivity contribution >= 4 is 29.0 Å². The maximum Gasteiger partial charge on any atom is 0.231 e. The maximum atomic E-state index is 12.8. The van der Waals surface area contributed by atoms with Crippen LogP contribution in [0.15, 0.2) is 46.9 Å². The van der Waals surface area contributed by atoms with Gasteiger partial charge in [-0.25, -0.2) is 4.68 Å². The van der Waals surface area contributed by atoms with Crippen molar-refractivity contribution in [3.05, 3.63) is 63.6 Å². The lowest BCUT2D eigenvalue weighted by Gasteiger charge is -2.20. The Labute approximate surface area is 185 Å². The van der Waals surface area contributed by atoms with Crippen LogP contribution in [0.4, 0.5) is 0 Å². The minimum Gasteiger partial charge on any atom is -0.344 e. The van der Waals surface area contributed by atoms with Gasteiger partial charge in [0, 0.05) is 10.8 Å². The summed E-state index contributed by atoms with van der Waals surface area (Å²) in [6.45, 7) is 2.06. The number of benzene rings is 1. The predicted molar refractivity (Wildman–Crippen MR) is 122 cm³/mol. The summed E-state index contributed by atoms with van der Waals surface area (Å²) in [6, 6.07) is 12.2. The second-order valence-electron chi connectivity index (χ2n) is 7.76. The number of nitrogens with two attached hydrogens (primary N) is 1. The molecule has 158 valence electrons. The van der Waals surface area contributed by atoms with Crippen LogP contribution >= 0.6 is 23.1 Å². The first-order chi connectivity index (χ1) is 14.6. The van der Waals surface area contributed by atoms with Gasteiger partial charge in [-0.2, -0.15) is 0 Å². The molecule has 3 aromatic rings. The first kappa shape index (κ1) is 20.9. The van der Waals surface area contributed by atoms with Gasteiger partial charge in [-0.15, -0.1) is 21.5 Å². The lowest BCUT2D eigenvalue weighted by Crippen LogP contribution is -2.30. The molecule has 0 aliphatic heterocycles. The number of hydrogen-bond donors (Lipinski definition) is 2. The summed E-state index contributed by atoms with van der Waals surface area (Å²) in [5.41, 5.74) is 2.27. The van der Waals surface area contributed by atoms with Crippen molar-refractivity contribution in [2.24, 2.45) is 0 Å². The number of hydrogen-bond acceptors (Lipinski definition) is 6. The van der Waals surface area contributed by atoms with Crippen molar-refractivity contribution < 1.29 is 4.79 Å². The first-order valence-corrected chi connectivity index (χ1v) is 12.2. The molecule has 2 heterocycles. The van der Waals surface area contributed by atoms with E-state index in [0.29, 0.717) is 11.1 Å². The van der Waals surface area contributed by atoms with Gasteiger partial charge in [-0.3, -0.25) is 4.79 Å². The molecule has 0 radical (unpaired) electrons. The molecule has 1 aliphatic carbocycles. The molecule has 1 aromatic carbocycles. The number of thiophene rings is 1. The topological polar surface area (TPSA) is 85.8 Å². The fraction of sp³-hybridized carbons (Fsp3) is 0.409. The van der Waals surface area contributed by atoms with Crippen LogP contribution < -0.4 is 11.2 Å². The molecule has 4 rings (SSSR count). The zero-order valence-corrected chi connectivity index (χ0v) is 18.7. The lowest BCUT2D eigenvalue weighted by molar-refractivity contribution is -0.119. The van der Waals surface area contributed by atoms with Gasteiger partial charge in [0.05, 0.1) is 11.8 Å². The Bertz CT molecular complexity index is 962. The maximum absolute atomic E-state index is 12.8. The van der Waals surface area contributed by atoms with Crippen molar-refractivity contribution in [3.8, 4) is 0 Å². The van der Waals surface area contributed by atoms with Crippen molar-refractivity contribution in [2.75, 3.05) is 11.6 Å². The molecule has 1 fully saturated rings. The Morgan fingerprint density at radius 1 is 1.23 bits per heavy atom. The number of aromatic nitrogens is 3. The number of nitrogens with one attached hydrogen (secondary N) is 1. The van der Waals surface area contributed by atoms with Gasteiger partial charge in [0.1, 0.15) is 0 Å². The van der Waals surface area contributed by atoms with Crippen LogP contribution in [0.3, 0.4) is 0 Å². The third-order valence-corrected chi connectivity index (χ3v) is 7.42. The summed E-state index contributed by atoms with van der Waals surface area (Å²) in [5, 5.41) is 14.3. The summed E-state index contributed by atoms with van der Waals surface area (Å²) < 4.78 is 1.57. The zero-order valence-electron chi connectivity index (χ0n) is 17.1. The molecule has 0 bridgehead atoms. The Balaban J connectivity index is 1.41. The molecule has 30 heavy (non-hydrogen) atoms. The molecular weight excluding hydrogens is 414 g/mol. The van der Waals surface area contributed by atoms with Gasteiger partial charge >= 0.3 is 0 Å². The molecule has 6 nitrogen and oxygen atoms in total. The molecular formula is C22H27N5OS2. The fourth-order valence-electron chi connectivity index (χ4n) is 3.89. The third kappa shape index (κ3) is 4.87. The van der Waals surface area contributed by atoms with E-state index in [1.165, 1.54) is 36.6 Å². The number of carbonyl (C=O) groups excluding carboxylic acids is 1. The number of aryl methyl sites for hydroxylation is 1. The Morgan fingerprint density at radius 2 is 2.00 bits per heavy atom. The molecule has 1 amide bonds. The average molecular weight is 442 g/mol. The molecule has 0 saturated heterocycles. The minimum absolute atomic E-state index is 0.0545. The molecule has 2 aromatic heterocycles. The summed E-state index contributed by atoms with van der Waals surface area (Å²) >= 11 is 2.97. The zero-order chi connectivity index (χ0) is 20.9. The SMILES string of the molecule is Cc1ccc([C@@H](NC(=O)CSc2nnc(C3CCCCC3)n2N)c2cccs2)cc1. The van der Waals surface area contributed by atoms with E-state index in [9.17, 15) is 4.79 Å². The van der Waals surface area contributed by atoms with Crippen molar-refractivity contribution in [1.29, 1.82) is 0 Å². The van der Waals surface area contributed by atoms with Gasteiger partial charge < -0.3 is 11.2 Å². The van der Waals surface area contributed by atoms with Crippen LogP contribution in [-0.4, -0.2) is 26.5 Å². The van der Waals surface area contributed by atoms with E-state index in [2.05, 4.69) is 52.8 Å². The van der Waals surface area contributed by atoms with E-state index < -0.39 is 0 Å². The van der Waals surface area contributed by atoms with Gasteiger partial charge in [0.25, 0.3) is 0 Å². The summed E-state index contributed by atoms with van der Waals surface area (Å²) in [4.78, 5) is 13.9. The first-order valence-electron chi connectivity index (χ1n) is 10.3. The molecule has 0 spiro atoms. The van der Waals surface area contributed by atoms with E-state index >= 15 is 0 Å². The van der Waals surface area contributed by atoms with Crippen LogP contribution in [0.2, 0.25) is 0 Å². The molecule has 1 saturated carbocycles. The highest BCUT2D eigenvalue weighted by molar-refractivity contribution is 7.99. The number of carbonyl (C=O) groups is 1.